The first-order chi connectivity index (χ1) is 21.1. The van der Waals surface area contributed by atoms with Gasteiger partial charge < -0.3 is 0 Å². The van der Waals surface area contributed by atoms with Crippen LogP contribution in [0.25, 0.3) is 27.9 Å². The second-order valence-electron chi connectivity index (χ2n) is 9.27. The monoisotopic (exact) mass is 631 g/mol. The van der Waals surface area contributed by atoms with Gasteiger partial charge in [0.15, 0.2) is 5.82 Å². The Morgan fingerprint density at radius 2 is 1.75 bits per heavy atom. The highest BCUT2D eigenvalue weighted by Crippen LogP contribution is 2.35. The van der Waals surface area contributed by atoms with Gasteiger partial charge in [-0.05, 0) is 46.3 Å². The third-order valence-electron chi connectivity index (χ3n) is 6.52. The molecular formula is C26H16ClF6N11. The lowest BCUT2D eigenvalue weighted by atomic mass is 10.0. The number of benzene rings is 1. The number of rotatable bonds is 8. The maximum Gasteiger partial charge on any atom is 0.433 e. The highest BCUT2D eigenvalue weighted by atomic mass is 35.5. The van der Waals surface area contributed by atoms with E-state index in [1.54, 1.807) is 12.1 Å². The summed E-state index contributed by atoms with van der Waals surface area (Å²) < 4.78 is 84.0. The number of hydrogen-bond acceptors (Lipinski definition) is 8. The van der Waals surface area contributed by atoms with Crippen molar-refractivity contribution in [2.45, 2.75) is 25.2 Å². The van der Waals surface area contributed by atoms with E-state index in [0.29, 0.717) is 22.5 Å². The Morgan fingerprint density at radius 1 is 0.909 bits per heavy atom. The molecule has 0 N–H and O–H groups in total. The molecule has 0 saturated heterocycles. The van der Waals surface area contributed by atoms with Crippen molar-refractivity contribution < 1.29 is 26.3 Å². The van der Waals surface area contributed by atoms with Crippen molar-refractivity contribution in [1.82, 2.24) is 54.9 Å². The van der Waals surface area contributed by atoms with Crippen LogP contribution in [0.1, 0.15) is 29.7 Å². The smallest absolute Gasteiger partial charge is 0.263 e. The van der Waals surface area contributed by atoms with Gasteiger partial charge >= 0.3 is 12.7 Å². The molecule has 6 aromatic rings. The molecule has 224 valence electrons. The highest BCUT2D eigenvalue weighted by Gasteiger charge is 2.32. The molecule has 0 saturated carbocycles. The minimum Gasteiger partial charge on any atom is -0.263 e. The molecule has 0 aliphatic carbocycles. The predicted octanol–water partition coefficient (Wildman–Crippen LogP) is 5.61. The van der Waals surface area contributed by atoms with E-state index in [2.05, 4.69) is 40.8 Å². The molecule has 6 rings (SSSR count). The summed E-state index contributed by atoms with van der Waals surface area (Å²) in [5.41, 5.74) is 0.668. The zero-order valence-electron chi connectivity index (χ0n) is 21.9. The van der Waals surface area contributed by atoms with Gasteiger partial charge in [0, 0.05) is 41.7 Å². The lowest BCUT2D eigenvalue weighted by molar-refractivity contribution is -0.141. The number of alkyl halides is 5. The molecule has 0 bridgehead atoms. The zero-order chi connectivity index (χ0) is 31.0. The Kier molecular flexibility index (Phi) is 7.54. The maximum absolute atomic E-state index is 15.3. The lowest BCUT2D eigenvalue weighted by Gasteiger charge is -2.17. The Bertz CT molecular complexity index is 1900. The summed E-state index contributed by atoms with van der Waals surface area (Å²) in [4.78, 5) is 8.12. The number of aromatic nitrogens is 11. The maximum atomic E-state index is 15.3. The van der Waals surface area contributed by atoms with Crippen LogP contribution >= 0.6 is 11.6 Å². The van der Waals surface area contributed by atoms with E-state index in [-0.39, 0.29) is 33.1 Å². The summed E-state index contributed by atoms with van der Waals surface area (Å²) in [6.45, 7) is -2.97. The van der Waals surface area contributed by atoms with E-state index in [0.717, 1.165) is 18.5 Å². The third kappa shape index (κ3) is 5.72. The molecule has 0 aliphatic rings. The van der Waals surface area contributed by atoms with Crippen molar-refractivity contribution in [3.05, 3.63) is 102 Å². The highest BCUT2D eigenvalue weighted by molar-refractivity contribution is 6.31. The normalized spacial score (nSPS) is 12.6. The van der Waals surface area contributed by atoms with E-state index >= 15 is 4.39 Å². The van der Waals surface area contributed by atoms with Gasteiger partial charge in [-0.25, -0.2) is 4.39 Å². The second-order valence-corrected chi connectivity index (χ2v) is 9.68. The molecule has 44 heavy (non-hydrogen) atoms. The van der Waals surface area contributed by atoms with Crippen LogP contribution in [0.3, 0.4) is 0 Å². The van der Waals surface area contributed by atoms with Crippen molar-refractivity contribution in [3.8, 4) is 27.9 Å². The van der Waals surface area contributed by atoms with E-state index < -0.39 is 30.3 Å². The fourth-order valence-corrected chi connectivity index (χ4v) is 4.64. The first kappa shape index (κ1) is 28.9. The number of halogens is 7. The van der Waals surface area contributed by atoms with Gasteiger partial charge in [-0.1, -0.05) is 17.7 Å². The van der Waals surface area contributed by atoms with Crippen molar-refractivity contribution in [3.63, 3.8) is 0 Å². The lowest BCUT2D eigenvalue weighted by Crippen LogP contribution is -2.16. The van der Waals surface area contributed by atoms with Gasteiger partial charge in [0.2, 0.25) is 0 Å². The third-order valence-corrected chi connectivity index (χ3v) is 6.81. The molecule has 5 heterocycles. The van der Waals surface area contributed by atoms with E-state index in [1.165, 1.54) is 52.5 Å². The minimum atomic E-state index is -4.65. The summed E-state index contributed by atoms with van der Waals surface area (Å²) in [7, 11) is 0. The van der Waals surface area contributed by atoms with E-state index in [9.17, 15) is 22.0 Å². The van der Waals surface area contributed by atoms with Crippen LogP contribution in [0.15, 0.2) is 73.7 Å². The topological polar surface area (TPSA) is 118 Å². The molecule has 0 spiro atoms. The molecule has 1 atom stereocenters. The van der Waals surface area contributed by atoms with Gasteiger partial charge in [-0.2, -0.15) is 41.9 Å². The van der Waals surface area contributed by atoms with Crippen LogP contribution in [-0.2, 0) is 12.6 Å². The predicted molar refractivity (Wildman–Crippen MR) is 141 cm³/mol. The Morgan fingerprint density at radius 3 is 2.43 bits per heavy atom. The molecule has 0 amide bonds. The summed E-state index contributed by atoms with van der Waals surface area (Å²) in [5.74, 6) is -0.735. The van der Waals surface area contributed by atoms with Crippen molar-refractivity contribution in [2.75, 3.05) is 0 Å². The molecule has 11 nitrogen and oxygen atoms in total. The van der Waals surface area contributed by atoms with Crippen LogP contribution in [-0.4, -0.2) is 54.9 Å². The van der Waals surface area contributed by atoms with E-state index in [4.69, 9.17) is 11.6 Å². The average Bonchev–Trinajstić information content (AvgIpc) is 3.80. The van der Waals surface area contributed by atoms with Crippen molar-refractivity contribution in [2.24, 2.45) is 0 Å². The molecule has 5 aromatic heterocycles. The summed E-state index contributed by atoms with van der Waals surface area (Å²) in [6, 6.07) is 7.53. The fourth-order valence-electron chi connectivity index (χ4n) is 4.48. The van der Waals surface area contributed by atoms with Crippen LogP contribution < -0.4 is 0 Å². The van der Waals surface area contributed by atoms with Gasteiger partial charge in [0.25, 0.3) is 0 Å². The quantitative estimate of drug-likeness (QED) is 0.199. The first-order valence-corrected chi connectivity index (χ1v) is 12.9. The van der Waals surface area contributed by atoms with Crippen molar-refractivity contribution in [1.29, 1.82) is 0 Å². The molecular weight excluding hydrogens is 616 g/mol. The van der Waals surface area contributed by atoms with Gasteiger partial charge in [0.05, 0.1) is 40.5 Å². The first-order valence-electron chi connectivity index (χ1n) is 12.5. The Labute approximate surface area is 247 Å². The minimum absolute atomic E-state index is 0.0221. The fraction of sp³-hybridized carbons (Fsp3) is 0.154. The van der Waals surface area contributed by atoms with Gasteiger partial charge in [-0.3, -0.25) is 14.6 Å². The van der Waals surface area contributed by atoms with Crippen molar-refractivity contribution >= 4 is 11.6 Å². The van der Waals surface area contributed by atoms with Gasteiger partial charge in [0.1, 0.15) is 12.0 Å². The number of pyridine rings is 2. The molecule has 18 heteroatoms. The standard InChI is InChI=1S/C26H16ClF6N11/c27-18-2-4-20(43-13-36-40-41-43)23(24(18)28)15-1-3-19(35-9-15)21(8-17-11-38-44(39-17)25(29)30)42-12-16(10-37-42)14-5-6-34-22(7-14)26(31,32)33/h1-7,9-13,21,25H,8H2/t21-/m0/s1. The number of tetrazole rings is 1. The summed E-state index contributed by atoms with van der Waals surface area (Å²) in [5, 5.41) is 22.5. The summed E-state index contributed by atoms with van der Waals surface area (Å²) in [6.07, 6.45) is 3.03. The molecule has 0 aliphatic heterocycles. The average molecular weight is 632 g/mol. The molecule has 1 aromatic carbocycles. The SMILES string of the molecule is Fc1c(Cl)ccc(-n2cnnn2)c1-c1ccc([C@H](Cc2cnn(C(F)F)n2)n2cc(-c3ccnc(C(F)(F)F)c3)cn2)nc1. The van der Waals surface area contributed by atoms with Gasteiger partial charge in [-0.15, -0.1) is 9.90 Å². The van der Waals surface area contributed by atoms with Crippen LogP contribution in [0.4, 0.5) is 26.3 Å². The molecule has 0 unspecified atom stereocenters. The molecule has 0 fully saturated rings. The summed E-state index contributed by atoms with van der Waals surface area (Å²) >= 11 is 6.06. The number of hydrogen-bond donors (Lipinski definition) is 0. The number of nitrogens with zero attached hydrogens (tertiary/aromatic N) is 11. The van der Waals surface area contributed by atoms with E-state index in [1.807, 2.05) is 0 Å². The Hall–Kier alpha value is -5.19. The zero-order valence-corrected chi connectivity index (χ0v) is 22.6. The van der Waals surface area contributed by atoms with Crippen LogP contribution in [0.2, 0.25) is 5.02 Å². The largest absolute Gasteiger partial charge is 0.433 e. The van der Waals surface area contributed by atoms with Crippen LogP contribution in [0, 0.1) is 5.82 Å². The molecule has 0 radical (unpaired) electrons. The van der Waals surface area contributed by atoms with Crippen LogP contribution in [0.5, 0.6) is 0 Å². The second kappa shape index (κ2) is 11.5. The Balaban J connectivity index is 1.39.